The van der Waals surface area contributed by atoms with Gasteiger partial charge in [0.05, 0.1) is 23.1 Å². The Morgan fingerprint density at radius 1 is 1.11 bits per heavy atom. The van der Waals surface area contributed by atoms with Crippen molar-refractivity contribution in [2.75, 3.05) is 24.4 Å². The molecule has 150 valence electrons. The van der Waals surface area contributed by atoms with E-state index in [-0.39, 0.29) is 16.8 Å². The second kappa shape index (κ2) is 8.01. The van der Waals surface area contributed by atoms with Gasteiger partial charge in [-0.25, -0.2) is 8.42 Å². The highest BCUT2D eigenvalue weighted by molar-refractivity contribution is 7.90. The van der Waals surface area contributed by atoms with Crippen LogP contribution in [-0.2, 0) is 9.84 Å². The number of carbonyl (C=O) groups is 1. The lowest BCUT2D eigenvalue weighted by atomic mass is 10.1. The average Bonchev–Trinajstić information content (AvgIpc) is 2.87. The number of rotatable bonds is 4. The number of fused-ring (bicyclic) bond motifs is 1. The van der Waals surface area contributed by atoms with Crippen LogP contribution in [0.5, 0.6) is 11.5 Å². The molecule has 0 saturated carbocycles. The normalized spacial score (nSPS) is 13.9. The van der Waals surface area contributed by atoms with Crippen molar-refractivity contribution in [2.24, 2.45) is 0 Å². The summed E-state index contributed by atoms with van der Waals surface area (Å²) in [6.45, 7) is 4.76. The largest absolute Gasteiger partial charge is 0.489 e. The number of sulfone groups is 1. The first-order valence-electron chi connectivity index (χ1n) is 8.91. The van der Waals surface area contributed by atoms with E-state index in [9.17, 15) is 13.2 Å². The number of amides is 1. The van der Waals surface area contributed by atoms with Gasteiger partial charge in [0.1, 0.15) is 0 Å². The Bertz CT molecular complexity index is 986. The molecule has 1 aliphatic heterocycles. The van der Waals surface area contributed by atoms with Gasteiger partial charge < -0.3 is 14.4 Å². The molecule has 2 aromatic carbocycles. The maximum absolute atomic E-state index is 13.2. The van der Waals surface area contributed by atoms with Crippen LogP contribution in [0, 0.1) is 0 Å². The zero-order valence-corrected chi connectivity index (χ0v) is 17.5. The van der Waals surface area contributed by atoms with Crippen molar-refractivity contribution in [3.8, 4) is 11.5 Å². The zero-order chi connectivity index (χ0) is 20.5. The van der Waals surface area contributed by atoms with Crippen molar-refractivity contribution in [2.45, 2.75) is 31.2 Å². The van der Waals surface area contributed by atoms with Gasteiger partial charge in [0, 0.05) is 30.0 Å². The smallest absolute Gasteiger partial charge is 0.258 e. The van der Waals surface area contributed by atoms with Crippen LogP contribution in [-0.4, -0.2) is 39.8 Å². The van der Waals surface area contributed by atoms with Crippen LogP contribution in [0.1, 0.15) is 30.6 Å². The molecule has 0 N–H and O–H groups in total. The topological polar surface area (TPSA) is 72.9 Å². The van der Waals surface area contributed by atoms with E-state index in [1.54, 1.807) is 29.2 Å². The molecule has 1 amide bonds. The predicted molar refractivity (Wildman–Crippen MR) is 109 cm³/mol. The monoisotopic (exact) mass is 423 g/mol. The van der Waals surface area contributed by atoms with Gasteiger partial charge in [0.15, 0.2) is 21.3 Å². The van der Waals surface area contributed by atoms with Gasteiger partial charge in [-0.1, -0.05) is 11.6 Å². The van der Waals surface area contributed by atoms with Crippen LogP contribution in [0.4, 0.5) is 5.69 Å². The van der Waals surface area contributed by atoms with E-state index < -0.39 is 9.84 Å². The number of benzene rings is 2. The SMILES string of the molecule is CC(C)N(C(=O)c1cc(Cl)c2c(c1)OCCCO2)c1ccc(S(C)(=O)=O)cc1. The molecule has 0 spiro atoms. The van der Waals surface area contributed by atoms with Crippen LogP contribution < -0.4 is 14.4 Å². The lowest BCUT2D eigenvalue weighted by Crippen LogP contribution is -2.37. The lowest BCUT2D eigenvalue weighted by Gasteiger charge is -2.27. The van der Waals surface area contributed by atoms with Gasteiger partial charge in [-0.05, 0) is 50.2 Å². The Morgan fingerprint density at radius 3 is 2.36 bits per heavy atom. The van der Waals surface area contributed by atoms with E-state index >= 15 is 0 Å². The van der Waals surface area contributed by atoms with Gasteiger partial charge >= 0.3 is 0 Å². The number of halogens is 1. The minimum Gasteiger partial charge on any atom is -0.489 e. The molecular formula is C20H22ClNO5S. The third kappa shape index (κ3) is 4.25. The summed E-state index contributed by atoms with van der Waals surface area (Å²) in [6, 6.07) is 9.28. The molecular weight excluding hydrogens is 402 g/mol. The molecule has 3 rings (SSSR count). The average molecular weight is 424 g/mol. The highest BCUT2D eigenvalue weighted by Crippen LogP contribution is 2.38. The van der Waals surface area contributed by atoms with Crippen LogP contribution >= 0.6 is 11.6 Å². The minimum atomic E-state index is -3.31. The number of anilines is 1. The highest BCUT2D eigenvalue weighted by Gasteiger charge is 2.25. The maximum Gasteiger partial charge on any atom is 0.258 e. The number of hydrogen-bond acceptors (Lipinski definition) is 5. The molecule has 0 saturated heterocycles. The molecule has 0 aromatic heterocycles. The fourth-order valence-electron chi connectivity index (χ4n) is 3.00. The lowest BCUT2D eigenvalue weighted by molar-refractivity contribution is 0.0980. The number of nitrogens with zero attached hydrogens (tertiary/aromatic N) is 1. The van der Waals surface area contributed by atoms with Crippen molar-refractivity contribution in [3.05, 3.63) is 47.0 Å². The molecule has 6 nitrogen and oxygen atoms in total. The Labute approximate surface area is 169 Å². The van der Waals surface area contributed by atoms with Crippen molar-refractivity contribution < 1.29 is 22.7 Å². The first-order chi connectivity index (χ1) is 13.2. The first-order valence-corrected chi connectivity index (χ1v) is 11.2. The molecule has 0 fully saturated rings. The third-order valence-electron chi connectivity index (χ3n) is 4.33. The molecule has 1 aliphatic rings. The summed E-state index contributed by atoms with van der Waals surface area (Å²) in [5.74, 6) is 0.633. The van der Waals surface area contributed by atoms with Crippen LogP contribution in [0.3, 0.4) is 0 Å². The van der Waals surface area contributed by atoms with E-state index in [4.69, 9.17) is 21.1 Å². The standard InChI is InChI=1S/C20H22ClNO5S/c1-13(2)22(15-5-7-16(8-6-15)28(3,24)25)20(23)14-11-17(21)19-18(12-14)26-9-4-10-27-19/h5-8,11-13H,4,9-10H2,1-3H3. The molecule has 28 heavy (non-hydrogen) atoms. The fourth-order valence-corrected chi connectivity index (χ4v) is 3.89. The Morgan fingerprint density at radius 2 is 1.75 bits per heavy atom. The molecule has 0 bridgehead atoms. The molecule has 1 heterocycles. The third-order valence-corrected chi connectivity index (χ3v) is 5.74. The summed E-state index contributed by atoms with van der Waals surface area (Å²) in [7, 11) is -3.31. The van der Waals surface area contributed by atoms with Gasteiger partial charge in [0.25, 0.3) is 5.91 Å². The molecule has 0 unspecified atom stereocenters. The zero-order valence-electron chi connectivity index (χ0n) is 15.9. The van der Waals surface area contributed by atoms with Crippen LogP contribution in [0.2, 0.25) is 5.02 Å². The van der Waals surface area contributed by atoms with Crippen molar-refractivity contribution in [1.82, 2.24) is 0 Å². The van der Waals surface area contributed by atoms with Crippen molar-refractivity contribution in [1.29, 1.82) is 0 Å². The Balaban J connectivity index is 1.98. The van der Waals surface area contributed by atoms with Crippen LogP contribution in [0.25, 0.3) is 0 Å². The van der Waals surface area contributed by atoms with E-state index in [2.05, 4.69) is 0 Å². The highest BCUT2D eigenvalue weighted by atomic mass is 35.5. The molecule has 0 atom stereocenters. The fraction of sp³-hybridized carbons (Fsp3) is 0.350. The number of carbonyl (C=O) groups excluding carboxylic acids is 1. The summed E-state index contributed by atoms with van der Waals surface area (Å²) in [5.41, 5.74) is 0.964. The van der Waals surface area contributed by atoms with Crippen molar-refractivity contribution >= 4 is 33.0 Å². The Hall–Kier alpha value is -2.25. The van der Waals surface area contributed by atoms with E-state index in [1.165, 1.54) is 12.1 Å². The second-order valence-corrected chi connectivity index (χ2v) is 9.29. The summed E-state index contributed by atoms with van der Waals surface area (Å²) >= 11 is 6.32. The summed E-state index contributed by atoms with van der Waals surface area (Å²) in [5, 5.41) is 0.318. The molecule has 8 heteroatoms. The molecule has 0 aliphatic carbocycles. The van der Waals surface area contributed by atoms with Crippen molar-refractivity contribution in [3.63, 3.8) is 0 Å². The summed E-state index contributed by atoms with van der Waals surface area (Å²) < 4.78 is 34.7. The van der Waals surface area contributed by atoms with Gasteiger partial charge in [-0.3, -0.25) is 4.79 Å². The predicted octanol–water partition coefficient (Wildman–Crippen LogP) is 3.96. The second-order valence-electron chi connectivity index (χ2n) is 6.87. The minimum absolute atomic E-state index is 0.161. The Kier molecular flexibility index (Phi) is 5.86. The van der Waals surface area contributed by atoms with E-state index in [1.807, 2.05) is 13.8 Å². The van der Waals surface area contributed by atoms with Gasteiger partial charge in [-0.15, -0.1) is 0 Å². The van der Waals surface area contributed by atoms with Gasteiger partial charge in [0.2, 0.25) is 0 Å². The maximum atomic E-state index is 13.2. The molecule has 2 aromatic rings. The number of ether oxygens (including phenoxy) is 2. The van der Waals surface area contributed by atoms with Gasteiger partial charge in [-0.2, -0.15) is 0 Å². The number of hydrogen-bond donors (Lipinski definition) is 0. The summed E-state index contributed by atoms with van der Waals surface area (Å²) in [6.07, 6.45) is 1.88. The quantitative estimate of drug-likeness (QED) is 0.744. The van der Waals surface area contributed by atoms with Crippen LogP contribution in [0.15, 0.2) is 41.3 Å². The summed E-state index contributed by atoms with van der Waals surface area (Å²) in [4.78, 5) is 15.0. The van der Waals surface area contributed by atoms with E-state index in [0.29, 0.717) is 41.0 Å². The molecule has 0 radical (unpaired) electrons. The van der Waals surface area contributed by atoms with E-state index in [0.717, 1.165) is 12.7 Å². The first kappa shape index (κ1) is 20.5.